The molecule has 1 saturated carbocycles. The zero-order chi connectivity index (χ0) is 12.4. The monoisotopic (exact) mass is 264 g/mol. The number of hydrogen-bond donors (Lipinski definition) is 1. The number of aryl methyl sites for hydroxylation is 1. The Morgan fingerprint density at radius 1 is 1.28 bits per heavy atom. The molecule has 0 aromatic carbocycles. The molecule has 2 nitrogen and oxygen atoms in total. The average Bonchev–Trinajstić information content (AvgIpc) is 3.05. The summed E-state index contributed by atoms with van der Waals surface area (Å²) in [6, 6.07) is 3.00. The zero-order valence-electron chi connectivity index (χ0n) is 11.3. The molecule has 1 aliphatic heterocycles. The van der Waals surface area contributed by atoms with Crippen molar-refractivity contribution in [1.82, 2.24) is 10.2 Å². The molecule has 0 amide bonds. The van der Waals surface area contributed by atoms with Gasteiger partial charge in [-0.15, -0.1) is 11.3 Å². The Hall–Kier alpha value is -0.380. The highest BCUT2D eigenvalue weighted by Crippen LogP contribution is 2.42. The number of rotatable bonds is 3. The van der Waals surface area contributed by atoms with Crippen LogP contribution in [0.4, 0.5) is 0 Å². The highest BCUT2D eigenvalue weighted by molar-refractivity contribution is 7.10. The van der Waals surface area contributed by atoms with Crippen LogP contribution in [-0.2, 0) is 0 Å². The molecule has 100 valence electrons. The SMILES string of the molecule is Cc1ccsc1[C@@H](C1CCCC1)N1CCNCC1. The molecule has 3 rings (SSSR count). The second-order valence-electron chi connectivity index (χ2n) is 5.74. The summed E-state index contributed by atoms with van der Waals surface area (Å²) in [7, 11) is 0. The average molecular weight is 264 g/mol. The summed E-state index contributed by atoms with van der Waals surface area (Å²) in [6.07, 6.45) is 5.76. The summed E-state index contributed by atoms with van der Waals surface area (Å²) in [4.78, 5) is 4.38. The molecule has 2 aliphatic rings. The zero-order valence-corrected chi connectivity index (χ0v) is 12.1. The maximum absolute atomic E-state index is 3.48. The van der Waals surface area contributed by atoms with Gasteiger partial charge in [-0.1, -0.05) is 12.8 Å². The van der Waals surface area contributed by atoms with E-state index in [2.05, 4.69) is 28.6 Å². The third-order valence-corrected chi connectivity index (χ3v) is 5.65. The summed E-state index contributed by atoms with van der Waals surface area (Å²) >= 11 is 1.98. The van der Waals surface area contributed by atoms with Gasteiger partial charge in [0, 0.05) is 37.1 Å². The lowest BCUT2D eigenvalue weighted by atomic mass is 9.93. The minimum atomic E-state index is 0.703. The van der Waals surface area contributed by atoms with Crippen molar-refractivity contribution in [3.63, 3.8) is 0 Å². The first-order valence-corrected chi connectivity index (χ1v) is 8.23. The topological polar surface area (TPSA) is 15.3 Å². The number of thiophene rings is 1. The van der Waals surface area contributed by atoms with Crippen LogP contribution < -0.4 is 5.32 Å². The second-order valence-corrected chi connectivity index (χ2v) is 6.69. The van der Waals surface area contributed by atoms with Gasteiger partial charge in [0.15, 0.2) is 0 Å². The highest BCUT2D eigenvalue weighted by atomic mass is 32.1. The van der Waals surface area contributed by atoms with Crippen molar-refractivity contribution in [2.45, 2.75) is 38.6 Å². The molecule has 1 atom stereocenters. The molecular weight excluding hydrogens is 240 g/mol. The fourth-order valence-corrected chi connectivity index (χ4v) is 4.75. The molecule has 2 heterocycles. The van der Waals surface area contributed by atoms with Gasteiger partial charge in [0.2, 0.25) is 0 Å². The van der Waals surface area contributed by atoms with Gasteiger partial charge in [-0.25, -0.2) is 0 Å². The molecule has 0 radical (unpaired) electrons. The summed E-state index contributed by atoms with van der Waals surface area (Å²) in [5.74, 6) is 0.903. The van der Waals surface area contributed by atoms with Crippen molar-refractivity contribution < 1.29 is 0 Å². The van der Waals surface area contributed by atoms with E-state index in [1.54, 1.807) is 4.88 Å². The quantitative estimate of drug-likeness (QED) is 0.902. The Morgan fingerprint density at radius 3 is 2.61 bits per heavy atom. The third-order valence-electron chi connectivity index (χ3n) is 4.56. The normalized spacial score (nSPS) is 24.5. The smallest absolute Gasteiger partial charge is 0.0473 e. The van der Waals surface area contributed by atoms with Crippen LogP contribution in [0.5, 0.6) is 0 Å². The van der Waals surface area contributed by atoms with E-state index < -0.39 is 0 Å². The van der Waals surface area contributed by atoms with Crippen LogP contribution in [0.25, 0.3) is 0 Å². The first-order chi connectivity index (χ1) is 8.86. The molecule has 1 N–H and O–H groups in total. The van der Waals surface area contributed by atoms with Crippen LogP contribution in [0.1, 0.15) is 42.2 Å². The molecule has 1 aliphatic carbocycles. The number of piperazine rings is 1. The number of hydrogen-bond acceptors (Lipinski definition) is 3. The van der Waals surface area contributed by atoms with Crippen molar-refractivity contribution in [2.75, 3.05) is 26.2 Å². The van der Waals surface area contributed by atoms with Crippen LogP contribution in [0.3, 0.4) is 0 Å². The van der Waals surface area contributed by atoms with E-state index in [1.807, 2.05) is 11.3 Å². The largest absolute Gasteiger partial charge is 0.314 e. The Kier molecular flexibility index (Phi) is 4.02. The lowest BCUT2D eigenvalue weighted by Gasteiger charge is -2.38. The molecule has 3 heteroatoms. The van der Waals surface area contributed by atoms with Gasteiger partial charge in [-0.05, 0) is 42.7 Å². The van der Waals surface area contributed by atoms with Crippen LogP contribution in [-0.4, -0.2) is 31.1 Å². The second kappa shape index (κ2) is 5.72. The van der Waals surface area contributed by atoms with Gasteiger partial charge in [0.1, 0.15) is 0 Å². The van der Waals surface area contributed by atoms with E-state index in [9.17, 15) is 0 Å². The summed E-state index contributed by atoms with van der Waals surface area (Å²) in [5, 5.41) is 5.75. The first-order valence-electron chi connectivity index (χ1n) is 7.35. The van der Waals surface area contributed by atoms with Crippen LogP contribution >= 0.6 is 11.3 Å². The summed E-state index contributed by atoms with van der Waals surface area (Å²) in [5.41, 5.74) is 1.51. The van der Waals surface area contributed by atoms with Crippen molar-refractivity contribution >= 4 is 11.3 Å². The first kappa shape index (κ1) is 12.6. The molecule has 0 spiro atoms. The van der Waals surface area contributed by atoms with E-state index in [0.717, 1.165) is 19.0 Å². The van der Waals surface area contributed by atoms with E-state index in [-0.39, 0.29) is 0 Å². The van der Waals surface area contributed by atoms with Crippen molar-refractivity contribution in [3.8, 4) is 0 Å². The van der Waals surface area contributed by atoms with Gasteiger partial charge in [0.25, 0.3) is 0 Å². The van der Waals surface area contributed by atoms with Gasteiger partial charge in [0.05, 0.1) is 0 Å². The Labute approximate surface area is 114 Å². The third kappa shape index (κ3) is 2.49. The van der Waals surface area contributed by atoms with Crippen molar-refractivity contribution in [1.29, 1.82) is 0 Å². The highest BCUT2D eigenvalue weighted by Gasteiger charge is 2.33. The maximum atomic E-state index is 3.48. The number of nitrogens with zero attached hydrogens (tertiary/aromatic N) is 1. The van der Waals surface area contributed by atoms with Crippen LogP contribution in [0.15, 0.2) is 11.4 Å². The van der Waals surface area contributed by atoms with Crippen LogP contribution in [0, 0.1) is 12.8 Å². The molecule has 0 bridgehead atoms. The number of nitrogens with one attached hydrogen (secondary N) is 1. The van der Waals surface area contributed by atoms with Gasteiger partial charge >= 0.3 is 0 Å². The Bertz CT molecular complexity index is 376. The Morgan fingerprint density at radius 2 is 2.00 bits per heavy atom. The molecule has 18 heavy (non-hydrogen) atoms. The van der Waals surface area contributed by atoms with Crippen LogP contribution in [0.2, 0.25) is 0 Å². The maximum Gasteiger partial charge on any atom is 0.0473 e. The molecule has 1 aromatic rings. The molecule has 1 saturated heterocycles. The fourth-order valence-electron chi connectivity index (χ4n) is 3.60. The summed E-state index contributed by atoms with van der Waals surface area (Å²) in [6.45, 7) is 7.05. The minimum Gasteiger partial charge on any atom is -0.314 e. The predicted molar refractivity (Wildman–Crippen MR) is 78.2 cm³/mol. The van der Waals surface area contributed by atoms with Gasteiger partial charge in [-0.2, -0.15) is 0 Å². The molecule has 0 unspecified atom stereocenters. The molecular formula is C15H24N2S. The Balaban J connectivity index is 1.85. The standard InChI is InChI=1S/C15H24N2S/c1-12-6-11-18-15(12)14(13-4-2-3-5-13)17-9-7-16-8-10-17/h6,11,13-14,16H,2-5,7-10H2,1H3/t14-/m1/s1. The molecule has 1 aromatic heterocycles. The van der Waals surface area contributed by atoms with E-state index in [1.165, 1.54) is 44.3 Å². The van der Waals surface area contributed by atoms with E-state index in [4.69, 9.17) is 0 Å². The lowest BCUT2D eigenvalue weighted by molar-refractivity contribution is 0.127. The van der Waals surface area contributed by atoms with Crippen molar-refractivity contribution in [3.05, 3.63) is 21.9 Å². The predicted octanol–water partition coefficient (Wildman–Crippen LogP) is 3.19. The van der Waals surface area contributed by atoms with E-state index in [0.29, 0.717) is 6.04 Å². The minimum absolute atomic E-state index is 0.703. The summed E-state index contributed by atoms with van der Waals surface area (Å²) < 4.78 is 0. The lowest BCUT2D eigenvalue weighted by Crippen LogP contribution is -2.46. The molecule has 2 fully saturated rings. The van der Waals surface area contributed by atoms with Gasteiger partial charge in [-0.3, -0.25) is 4.90 Å². The van der Waals surface area contributed by atoms with Crippen molar-refractivity contribution in [2.24, 2.45) is 5.92 Å². The van der Waals surface area contributed by atoms with E-state index >= 15 is 0 Å². The fraction of sp³-hybridized carbons (Fsp3) is 0.733. The van der Waals surface area contributed by atoms with Gasteiger partial charge < -0.3 is 5.32 Å².